The molecule has 12 heteroatoms. The lowest BCUT2D eigenvalue weighted by Gasteiger charge is -2.05. The number of rotatable bonds is 7. The van der Waals surface area contributed by atoms with E-state index in [0.717, 1.165) is 5.56 Å². The van der Waals surface area contributed by atoms with E-state index in [4.69, 9.17) is 5.14 Å². The highest BCUT2D eigenvalue weighted by Crippen LogP contribution is 2.23. The second-order valence-corrected chi connectivity index (χ2v) is 8.28. The molecule has 0 fully saturated rings. The first kappa shape index (κ1) is 19.8. The van der Waals surface area contributed by atoms with Gasteiger partial charge in [0.05, 0.1) is 26.6 Å². The largest absolute Gasteiger partial charge is 0.351 e. The molecule has 10 nitrogen and oxygen atoms in total. The topological polar surface area (TPSA) is 161 Å². The quantitative estimate of drug-likeness (QED) is 0.296. The third-order valence-electron chi connectivity index (χ3n) is 3.74. The summed E-state index contributed by atoms with van der Waals surface area (Å²) in [7, 11) is -3.75. The number of sulfonamides is 1. The minimum Gasteiger partial charge on any atom is -0.351 e. The van der Waals surface area contributed by atoms with Crippen LogP contribution in [0.15, 0.2) is 52.5 Å². The van der Waals surface area contributed by atoms with Gasteiger partial charge in [-0.05, 0) is 23.8 Å². The van der Waals surface area contributed by atoms with Crippen LogP contribution in [0.2, 0.25) is 0 Å². The molecule has 1 amide bonds. The van der Waals surface area contributed by atoms with Gasteiger partial charge in [-0.25, -0.2) is 18.5 Å². The Morgan fingerprint density at radius 3 is 2.61 bits per heavy atom. The van der Waals surface area contributed by atoms with Gasteiger partial charge in [-0.1, -0.05) is 23.9 Å². The zero-order valence-electron chi connectivity index (χ0n) is 14.3. The molecule has 0 aliphatic rings. The van der Waals surface area contributed by atoms with Crippen molar-refractivity contribution in [1.82, 2.24) is 15.3 Å². The Kier molecular flexibility index (Phi) is 5.63. The molecule has 2 aromatic carbocycles. The third kappa shape index (κ3) is 4.85. The second-order valence-electron chi connectivity index (χ2n) is 5.75. The van der Waals surface area contributed by atoms with Gasteiger partial charge in [-0.3, -0.25) is 14.9 Å². The highest BCUT2D eigenvalue weighted by molar-refractivity contribution is 7.99. The number of amides is 1. The van der Waals surface area contributed by atoms with E-state index in [1.165, 1.54) is 36.0 Å². The van der Waals surface area contributed by atoms with E-state index in [9.17, 15) is 23.3 Å². The molecule has 1 aromatic heterocycles. The van der Waals surface area contributed by atoms with Gasteiger partial charge in [0.1, 0.15) is 0 Å². The Labute approximate surface area is 163 Å². The van der Waals surface area contributed by atoms with Gasteiger partial charge in [0.2, 0.25) is 15.9 Å². The van der Waals surface area contributed by atoms with Crippen molar-refractivity contribution < 1.29 is 18.1 Å². The van der Waals surface area contributed by atoms with Crippen LogP contribution in [0, 0.1) is 10.1 Å². The second kappa shape index (κ2) is 7.96. The summed E-state index contributed by atoms with van der Waals surface area (Å²) in [6.07, 6.45) is 0. The molecule has 146 valence electrons. The number of benzene rings is 2. The lowest BCUT2D eigenvalue weighted by molar-refractivity contribution is -0.384. The molecule has 0 unspecified atom stereocenters. The number of carbonyl (C=O) groups is 1. The predicted molar refractivity (Wildman–Crippen MR) is 103 cm³/mol. The number of fused-ring (bicyclic) bond motifs is 1. The number of hydrogen-bond donors (Lipinski definition) is 3. The zero-order valence-corrected chi connectivity index (χ0v) is 15.9. The number of nitrogens with one attached hydrogen (secondary N) is 2. The number of thioether (sulfide) groups is 1. The molecule has 0 radical (unpaired) electrons. The number of nitrogens with two attached hydrogens (primary N) is 1. The Morgan fingerprint density at radius 1 is 1.25 bits per heavy atom. The van der Waals surface area contributed by atoms with Gasteiger partial charge < -0.3 is 10.3 Å². The molecule has 0 aliphatic carbocycles. The molecule has 4 N–H and O–H groups in total. The number of nitro benzene ring substituents is 1. The van der Waals surface area contributed by atoms with Gasteiger partial charge in [0, 0.05) is 18.7 Å². The zero-order chi connectivity index (χ0) is 20.3. The van der Waals surface area contributed by atoms with Crippen molar-refractivity contribution >= 4 is 44.4 Å². The molecule has 0 bridgehead atoms. The van der Waals surface area contributed by atoms with Gasteiger partial charge in [0.25, 0.3) is 5.69 Å². The fourth-order valence-electron chi connectivity index (χ4n) is 2.34. The van der Waals surface area contributed by atoms with Crippen molar-refractivity contribution in [1.29, 1.82) is 0 Å². The highest BCUT2D eigenvalue weighted by atomic mass is 32.2. The molecule has 0 saturated carbocycles. The molecule has 28 heavy (non-hydrogen) atoms. The molecule has 1 heterocycles. The van der Waals surface area contributed by atoms with Crippen LogP contribution in [0.3, 0.4) is 0 Å². The van der Waals surface area contributed by atoms with Gasteiger partial charge in [-0.2, -0.15) is 0 Å². The minimum absolute atomic E-state index is 0.00301. The molecule has 3 rings (SSSR count). The average molecular weight is 421 g/mol. The maximum absolute atomic E-state index is 12.0. The number of imidazole rings is 1. The Hall–Kier alpha value is -2.96. The summed E-state index contributed by atoms with van der Waals surface area (Å²) in [6, 6.07) is 10.2. The number of hydrogen-bond acceptors (Lipinski definition) is 7. The molecule has 0 spiro atoms. The van der Waals surface area contributed by atoms with E-state index in [2.05, 4.69) is 15.3 Å². The first-order valence-electron chi connectivity index (χ1n) is 7.88. The smallest absolute Gasteiger partial charge is 0.271 e. The molecular formula is C16H15N5O5S2. The highest BCUT2D eigenvalue weighted by Gasteiger charge is 2.11. The van der Waals surface area contributed by atoms with E-state index in [1.807, 2.05) is 0 Å². The first-order valence-corrected chi connectivity index (χ1v) is 10.4. The van der Waals surface area contributed by atoms with Crippen molar-refractivity contribution in [2.45, 2.75) is 16.6 Å². The first-order chi connectivity index (χ1) is 13.2. The normalized spacial score (nSPS) is 11.5. The molecular weight excluding hydrogens is 406 g/mol. The van der Waals surface area contributed by atoms with E-state index in [0.29, 0.717) is 16.2 Å². The SMILES string of the molecule is NS(=O)(=O)c1ccc(CNC(=O)CSc2nc3ccc([N+](=O)[O-])cc3[nH]2)cc1. The van der Waals surface area contributed by atoms with Crippen molar-refractivity contribution in [2.75, 3.05) is 5.75 Å². The summed E-state index contributed by atoms with van der Waals surface area (Å²) in [6.45, 7) is 0.233. The summed E-state index contributed by atoms with van der Waals surface area (Å²) in [4.78, 5) is 29.5. The molecule has 0 saturated heterocycles. The van der Waals surface area contributed by atoms with Crippen LogP contribution in [0.4, 0.5) is 5.69 Å². The minimum atomic E-state index is -3.75. The van der Waals surface area contributed by atoms with Crippen LogP contribution in [-0.4, -0.2) is 35.0 Å². The lowest BCUT2D eigenvalue weighted by atomic mass is 10.2. The maximum Gasteiger partial charge on any atom is 0.271 e. The van der Waals surface area contributed by atoms with E-state index < -0.39 is 14.9 Å². The number of nitrogens with zero attached hydrogens (tertiary/aromatic N) is 2. The number of H-pyrrole nitrogens is 1. The average Bonchev–Trinajstić information content (AvgIpc) is 3.06. The van der Waals surface area contributed by atoms with Crippen LogP contribution in [0.1, 0.15) is 5.56 Å². The van der Waals surface area contributed by atoms with Crippen molar-refractivity contribution in [3.8, 4) is 0 Å². The maximum atomic E-state index is 12.0. The lowest BCUT2D eigenvalue weighted by Crippen LogP contribution is -2.24. The Bertz CT molecular complexity index is 1140. The number of aromatic nitrogens is 2. The standard InChI is InChI=1S/C16H15N5O5S2/c17-28(25,26)12-4-1-10(2-5-12)8-18-15(22)9-27-16-19-13-6-3-11(21(23)24)7-14(13)20-16/h1-7H,8-9H2,(H,18,22)(H,19,20)(H2,17,25,26). The monoisotopic (exact) mass is 421 g/mol. The fourth-order valence-corrected chi connectivity index (χ4v) is 3.57. The number of carbonyl (C=O) groups excluding carboxylic acids is 1. The van der Waals surface area contributed by atoms with Gasteiger partial charge in [-0.15, -0.1) is 0 Å². The van der Waals surface area contributed by atoms with E-state index >= 15 is 0 Å². The van der Waals surface area contributed by atoms with Crippen molar-refractivity contribution in [3.05, 3.63) is 58.1 Å². The van der Waals surface area contributed by atoms with Crippen LogP contribution >= 0.6 is 11.8 Å². The van der Waals surface area contributed by atoms with Crippen LogP contribution in [-0.2, 0) is 21.4 Å². The van der Waals surface area contributed by atoms with Gasteiger partial charge in [0.15, 0.2) is 5.16 Å². The molecule has 3 aromatic rings. The fraction of sp³-hybridized carbons (Fsp3) is 0.125. The van der Waals surface area contributed by atoms with Crippen molar-refractivity contribution in [2.24, 2.45) is 5.14 Å². The van der Waals surface area contributed by atoms with E-state index in [1.54, 1.807) is 18.2 Å². The summed E-state index contributed by atoms with van der Waals surface area (Å²) < 4.78 is 22.4. The predicted octanol–water partition coefficient (Wildman–Crippen LogP) is 1.53. The Morgan fingerprint density at radius 2 is 1.96 bits per heavy atom. The van der Waals surface area contributed by atoms with Gasteiger partial charge >= 0.3 is 0 Å². The molecule has 0 aliphatic heterocycles. The summed E-state index contributed by atoms with van der Waals surface area (Å²) in [5, 5.41) is 19.0. The summed E-state index contributed by atoms with van der Waals surface area (Å²) in [5.74, 6) is -0.149. The van der Waals surface area contributed by atoms with Crippen LogP contribution in [0.25, 0.3) is 11.0 Å². The Balaban J connectivity index is 1.54. The van der Waals surface area contributed by atoms with E-state index in [-0.39, 0.29) is 28.8 Å². The number of aromatic amines is 1. The number of primary sulfonamides is 1. The summed E-state index contributed by atoms with van der Waals surface area (Å²) in [5.41, 5.74) is 1.77. The molecule has 0 atom stereocenters. The summed E-state index contributed by atoms with van der Waals surface area (Å²) >= 11 is 1.17. The van der Waals surface area contributed by atoms with Crippen LogP contribution < -0.4 is 10.5 Å². The number of nitro groups is 1. The van der Waals surface area contributed by atoms with Crippen LogP contribution in [0.5, 0.6) is 0 Å². The third-order valence-corrected chi connectivity index (χ3v) is 5.54. The van der Waals surface area contributed by atoms with Crippen molar-refractivity contribution in [3.63, 3.8) is 0 Å². The number of non-ortho nitro benzene ring substituents is 1.